The van der Waals surface area contributed by atoms with Crippen molar-refractivity contribution in [1.82, 2.24) is 0 Å². The lowest BCUT2D eigenvalue weighted by Crippen LogP contribution is -2.06. The molecule has 0 saturated heterocycles. The number of methoxy groups -OCH3 is 2. The minimum atomic E-state index is -0.280. The SMILES string of the molecule is COc1ccc(CCNc2cc(F)ccc2OC)cc1. The van der Waals surface area contributed by atoms with E-state index < -0.39 is 0 Å². The fourth-order valence-electron chi connectivity index (χ4n) is 1.95. The third-order valence-electron chi connectivity index (χ3n) is 3.05. The third kappa shape index (κ3) is 3.63. The van der Waals surface area contributed by atoms with Crippen molar-refractivity contribution in [3.63, 3.8) is 0 Å². The standard InChI is InChI=1S/C16H18FNO2/c1-19-14-6-3-12(4-7-14)9-10-18-15-11-13(17)5-8-16(15)20-2/h3-8,11,18H,9-10H2,1-2H3. The van der Waals surface area contributed by atoms with Crippen LogP contribution in [0.25, 0.3) is 0 Å². The van der Waals surface area contributed by atoms with Gasteiger partial charge in [-0.3, -0.25) is 0 Å². The second-order valence-corrected chi connectivity index (χ2v) is 4.37. The molecule has 0 aromatic heterocycles. The molecule has 0 saturated carbocycles. The summed E-state index contributed by atoms with van der Waals surface area (Å²) < 4.78 is 23.5. The molecule has 0 radical (unpaired) electrons. The number of hydrogen-bond donors (Lipinski definition) is 1. The van der Waals surface area contributed by atoms with Gasteiger partial charge in [0, 0.05) is 12.6 Å². The van der Waals surface area contributed by atoms with Gasteiger partial charge in [-0.25, -0.2) is 4.39 Å². The van der Waals surface area contributed by atoms with E-state index in [1.54, 1.807) is 20.3 Å². The predicted octanol–water partition coefficient (Wildman–Crippen LogP) is 3.50. The van der Waals surface area contributed by atoms with Crippen molar-refractivity contribution in [2.45, 2.75) is 6.42 Å². The Labute approximate surface area is 118 Å². The zero-order valence-electron chi connectivity index (χ0n) is 11.7. The first-order valence-electron chi connectivity index (χ1n) is 6.43. The van der Waals surface area contributed by atoms with E-state index in [2.05, 4.69) is 5.32 Å². The Morgan fingerprint density at radius 1 is 1.00 bits per heavy atom. The molecule has 0 fully saturated rings. The van der Waals surface area contributed by atoms with Crippen LogP contribution in [0, 0.1) is 5.82 Å². The first-order chi connectivity index (χ1) is 9.72. The van der Waals surface area contributed by atoms with E-state index in [4.69, 9.17) is 9.47 Å². The van der Waals surface area contributed by atoms with Crippen LogP contribution in [-0.4, -0.2) is 20.8 Å². The van der Waals surface area contributed by atoms with E-state index in [1.165, 1.54) is 17.7 Å². The van der Waals surface area contributed by atoms with Gasteiger partial charge in [-0.2, -0.15) is 0 Å². The van der Waals surface area contributed by atoms with Gasteiger partial charge in [-0.05, 0) is 36.2 Å². The molecule has 0 aliphatic heterocycles. The van der Waals surface area contributed by atoms with Gasteiger partial charge in [0.05, 0.1) is 19.9 Å². The van der Waals surface area contributed by atoms with Crippen LogP contribution in [0.15, 0.2) is 42.5 Å². The van der Waals surface area contributed by atoms with Crippen LogP contribution in [0.2, 0.25) is 0 Å². The van der Waals surface area contributed by atoms with E-state index in [9.17, 15) is 4.39 Å². The molecule has 0 bridgehead atoms. The second-order valence-electron chi connectivity index (χ2n) is 4.37. The highest BCUT2D eigenvalue weighted by atomic mass is 19.1. The molecule has 0 atom stereocenters. The van der Waals surface area contributed by atoms with Crippen molar-refractivity contribution in [2.24, 2.45) is 0 Å². The highest BCUT2D eigenvalue weighted by molar-refractivity contribution is 5.56. The Balaban J connectivity index is 1.93. The van der Waals surface area contributed by atoms with Crippen molar-refractivity contribution in [3.8, 4) is 11.5 Å². The summed E-state index contributed by atoms with van der Waals surface area (Å²) in [5, 5.41) is 3.19. The summed E-state index contributed by atoms with van der Waals surface area (Å²) in [6, 6.07) is 12.3. The van der Waals surface area contributed by atoms with Gasteiger partial charge >= 0.3 is 0 Å². The normalized spacial score (nSPS) is 10.2. The average Bonchev–Trinajstić information content (AvgIpc) is 2.48. The molecule has 1 N–H and O–H groups in total. The van der Waals surface area contributed by atoms with Crippen molar-refractivity contribution in [2.75, 3.05) is 26.1 Å². The zero-order valence-corrected chi connectivity index (χ0v) is 11.7. The van der Waals surface area contributed by atoms with Gasteiger partial charge in [0.2, 0.25) is 0 Å². The molecule has 0 heterocycles. The van der Waals surface area contributed by atoms with Gasteiger partial charge in [0.15, 0.2) is 0 Å². The number of rotatable bonds is 6. The number of hydrogen-bond acceptors (Lipinski definition) is 3. The molecule has 0 aliphatic carbocycles. The highest BCUT2D eigenvalue weighted by Gasteiger charge is 2.04. The molecule has 106 valence electrons. The van der Waals surface area contributed by atoms with Crippen LogP contribution < -0.4 is 14.8 Å². The smallest absolute Gasteiger partial charge is 0.142 e. The molecule has 2 rings (SSSR count). The number of nitrogens with one attached hydrogen (secondary N) is 1. The van der Waals surface area contributed by atoms with E-state index >= 15 is 0 Å². The summed E-state index contributed by atoms with van der Waals surface area (Å²) >= 11 is 0. The summed E-state index contributed by atoms with van der Waals surface area (Å²) in [7, 11) is 3.22. The first kappa shape index (κ1) is 14.2. The molecule has 0 unspecified atom stereocenters. The van der Waals surface area contributed by atoms with Gasteiger partial charge in [-0.15, -0.1) is 0 Å². The lowest BCUT2D eigenvalue weighted by Gasteiger charge is -2.11. The summed E-state index contributed by atoms with van der Waals surface area (Å²) in [6.07, 6.45) is 0.837. The van der Waals surface area contributed by atoms with Gasteiger partial charge < -0.3 is 14.8 Å². The van der Waals surface area contributed by atoms with Gasteiger partial charge in [-0.1, -0.05) is 12.1 Å². The lowest BCUT2D eigenvalue weighted by atomic mass is 10.1. The molecule has 20 heavy (non-hydrogen) atoms. The van der Waals surface area contributed by atoms with Crippen molar-refractivity contribution in [1.29, 1.82) is 0 Å². The number of ether oxygens (including phenoxy) is 2. The molecule has 0 spiro atoms. The maximum Gasteiger partial charge on any atom is 0.142 e. The Hall–Kier alpha value is -2.23. The van der Waals surface area contributed by atoms with Crippen LogP contribution in [-0.2, 0) is 6.42 Å². The monoisotopic (exact) mass is 275 g/mol. The Morgan fingerprint density at radius 2 is 1.75 bits per heavy atom. The first-order valence-corrected chi connectivity index (χ1v) is 6.43. The van der Waals surface area contributed by atoms with Gasteiger partial charge in [0.25, 0.3) is 0 Å². The molecule has 0 amide bonds. The highest BCUT2D eigenvalue weighted by Crippen LogP contribution is 2.24. The van der Waals surface area contributed by atoms with Crippen molar-refractivity contribution >= 4 is 5.69 Å². The van der Waals surface area contributed by atoms with E-state index in [0.717, 1.165) is 12.2 Å². The number of anilines is 1. The maximum atomic E-state index is 13.2. The molecular weight excluding hydrogens is 257 g/mol. The fourth-order valence-corrected chi connectivity index (χ4v) is 1.95. The summed E-state index contributed by atoms with van der Waals surface area (Å²) in [4.78, 5) is 0. The summed E-state index contributed by atoms with van der Waals surface area (Å²) in [6.45, 7) is 0.701. The van der Waals surface area contributed by atoms with E-state index in [-0.39, 0.29) is 5.82 Å². The average molecular weight is 275 g/mol. The minimum Gasteiger partial charge on any atom is -0.497 e. The topological polar surface area (TPSA) is 30.5 Å². The largest absolute Gasteiger partial charge is 0.497 e. The number of benzene rings is 2. The third-order valence-corrected chi connectivity index (χ3v) is 3.05. The quantitative estimate of drug-likeness (QED) is 0.875. The van der Waals surface area contributed by atoms with Crippen molar-refractivity contribution in [3.05, 3.63) is 53.8 Å². The Bertz CT molecular complexity index is 555. The lowest BCUT2D eigenvalue weighted by molar-refractivity contribution is 0.414. The molecule has 0 aliphatic rings. The van der Waals surface area contributed by atoms with Crippen LogP contribution in [0.5, 0.6) is 11.5 Å². The van der Waals surface area contributed by atoms with Crippen LogP contribution in [0.4, 0.5) is 10.1 Å². The predicted molar refractivity (Wildman–Crippen MR) is 78.1 cm³/mol. The Morgan fingerprint density at radius 3 is 2.40 bits per heavy atom. The molecular formula is C16H18FNO2. The molecule has 4 heteroatoms. The number of halogens is 1. The Kier molecular flexibility index (Phi) is 4.82. The molecule has 2 aromatic rings. The van der Waals surface area contributed by atoms with Crippen molar-refractivity contribution < 1.29 is 13.9 Å². The van der Waals surface area contributed by atoms with E-state index in [0.29, 0.717) is 18.0 Å². The zero-order chi connectivity index (χ0) is 14.4. The minimum absolute atomic E-state index is 0.280. The molecule has 3 nitrogen and oxygen atoms in total. The summed E-state index contributed by atoms with van der Waals surface area (Å²) in [5.74, 6) is 1.20. The summed E-state index contributed by atoms with van der Waals surface area (Å²) in [5.41, 5.74) is 1.86. The van der Waals surface area contributed by atoms with Gasteiger partial charge in [0.1, 0.15) is 17.3 Å². The fraction of sp³-hybridized carbons (Fsp3) is 0.250. The van der Waals surface area contributed by atoms with E-state index in [1.807, 2.05) is 24.3 Å². The van der Waals surface area contributed by atoms with Crippen LogP contribution in [0.1, 0.15) is 5.56 Å². The van der Waals surface area contributed by atoms with Crippen LogP contribution >= 0.6 is 0 Å². The van der Waals surface area contributed by atoms with Crippen LogP contribution in [0.3, 0.4) is 0 Å². The maximum absolute atomic E-state index is 13.2. The second kappa shape index (κ2) is 6.80. The molecule has 2 aromatic carbocycles.